The quantitative estimate of drug-likeness (QED) is 0.792. The molecule has 0 spiro atoms. The highest BCUT2D eigenvalue weighted by molar-refractivity contribution is 9.10. The summed E-state index contributed by atoms with van der Waals surface area (Å²) in [5.41, 5.74) is -0.269. The van der Waals surface area contributed by atoms with Gasteiger partial charge < -0.3 is 9.32 Å². The molecular formula is C13H9BrF3NO2. The van der Waals surface area contributed by atoms with Gasteiger partial charge in [0, 0.05) is 12.6 Å². The summed E-state index contributed by atoms with van der Waals surface area (Å²) >= 11 is 3.12. The largest absolute Gasteiger partial charge is 0.452 e. The Morgan fingerprint density at radius 2 is 1.85 bits per heavy atom. The van der Waals surface area contributed by atoms with E-state index in [4.69, 9.17) is 4.42 Å². The number of benzene rings is 1. The molecule has 7 heteroatoms. The minimum absolute atomic E-state index is 0.116. The fraction of sp³-hybridized carbons (Fsp3) is 0.154. The second-order valence-corrected chi connectivity index (χ2v) is 4.90. The van der Waals surface area contributed by atoms with Gasteiger partial charge in [0.15, 0.2) is 22.1 Å². The van der Waals surface area contributed by atoms with Crippen LogP contribution < -0.4 is 0 Å². The van der Waals surface area contributed by atoms with E-state index in [0.29, 0.717) is 22.6 Å². The lowest BCUT2D eigenvalue weighted by Crippen LogP contribution is -2.26. The molecule has 0 bridgehead atoms. The van der Waals surface area contributed by atoms with E-state index >= 15 is 0 Å². The molecule has 0 aliphatic rings. The monoisotopic (exact) mass is 347 g/mol. The average molecular weight is 348 g/mol. The molecule has 0 saturated carbocycles. The van der Waals surface area contributed by atoms with Crippen molar-refractivity contribution in [2.45, 2.75) is 6.54 Å². The molecule has 0 N–H and O–H groups in total. The third-order valence-corrected chi connectivity index (χ3v) is 3.03. The van der Waals surface area contributed by atoms with Crippen LogP contribution >= 0.6 is 15.9 Å². The van der Waals surface area contributed by atoms with Crippen molar-refractivity contribution in [3.63, 3.8) is 0 Å². The predicted octanol–water partition coefficient (Wildman–Crippen LogP) is 3.73. The summed E-state index contributed by atoms with van der Waals surface area (Å²) in [4.78, 5) is 13.2. The van der Waals surface area contributed by atoms with E-state index in [9.17, 15) is 18.0 Å². The standard InChI is InChI=1S/C13H9BrF3NO2/c1-18(6-8-2-3-11(14)20-8)13(19)7-4-9(15)12(17)10(16)5-7/h2-5H,6H2,1H3. The number of hydrogen-bond acceptors (Lipinski definition) is 2. The first-order valence-corrected chi connectivity index (χ1v) is 6.32. The Morgan fingerprint density at radius 1 is 1.25 bits per heavy atom. The molecule has 1 heterocycles. The zero-order chi connectivity index (χ0) is 14.9. The molecule has 2 rings (SSSR count). The third kappa shape index (κ3) is 3.04. The lowest BCUT2D eigenvalue weighted by Gasteiger charge is -2.16. The Kier molecular flexibility index (Phi) is 4.17. The van der Waals surface area contributed by atoms with Crippen molar-refractivity contribution in [2.75, 3.05) is 7.05 Å². The molecule has 0 radical (unpaired) electrons. The maximum atomic E-state index is 13.1. The molecule has 1 aromatic heterocycles. The van der Waals surface area contributed by atoms with Gasteiger partial charge in [0.25, 0.3) is 5.91 Å². The lowest BCUT2D eigenvalue weighted by atomic mass is 10.2. The maximum Gasteiger partial charge on any atom is 0.254 e. The summed E-state index contributed by atoms with van der Waals surface area (Å²) in [6.07, 6.45) is 0. The van der Waals surface area contributed by atoms with Crippen molar-refractivity contribution in [3.05, 3.63) is 57.7 Å². The molecule has 0 aliphatic heterocycles. The third-order valence-electron chi connectivity index (χ3n) is 2.60. The maximum absolute atomic E-state index is 13.1. The lowest BCUT2D eigenvalue weighted by molar-refractivity contribution is 0.0773. The number of carbonyl (C=O) groups is 1. The molecular weight excluding hydrogens is 339 g/mol. The molecule has 0 aliphatic carbocycles. The number of hydrogen-bond donors (Lipinski definition) is 0. The first kappa shape index (κ1) is 14.6. The van der Waals surface area contributed by atoms with Crippen molar-refractivity contribution in [2.24, 2.45) is 0 Å². The number of nitrogens with zero attached hydrogens (tertiary/aromatic N) is 1. The highest BCUT2D eigenvalue weighted by Crippen LogP contribution is 2.18. The van der Waals surface area contributed by atoms with Crippen LogP contribution in [0.5, 0.6) is 0 Å². The Hall–Kier alpha value is -1.76. The van der Waals surface area contributed by atoms with Crippen molar-refractivity contribution < 1.29 is 22.4 Å². The highest BCUT2D eigenvalue weighted by atomic mass is 79.9. The van der Waals surface area contributed by atoms with E-state index in [0.717, 1.165) is 0 Å². The first-order valence-electron chi connectivity index (χ1n) is 5.52. The van der Waals surface area contributed by atoms with Crippen molar-refractivity contribution in [3.8, 4) is 0 Å². The molecule has 1 amide bonds. The van der Waals surface area contributed by atoms with Gasteiger partial charge in [-0.15, -0.1) is 0 Å². The predicted molar refractivity (Wildman–Crippen MR) is 68.5 cm³/mol. The van der Waals surface area contributed by atoms with E-state index in [1.54, 1.807) is 12.1 Å². The van der Waals surface area contributed by atoms with Crippen LogP contribution in [0.4, 0.5) is 13.2 Å². The fourth-order valence-corrected chi connectivity index (χ4v) is 1.98. The number of carbonyl (C=O) groups excluding carboxylic acids is 1. The van der Waals surface area contributed by atoms with Crippen LogP contribution in [0, 0.1) is 17.5 Å². The molecule has 1 aromatic carbocycles. The number of furan rings is 1. The summed E-state index contributed by atoms with van der Waals surface area (Å²) in [6.45, 7) is 0.116. The van der Waals surface area contributed by atoms with Crippen LogP contribution in [0.15, 0.2) is 33.4 Å². The van der Waals surface area contributed by atoms with E-state index in [2.05, 4.69) is 15.9 Å². The van der Waals surface area contributed by atoms with Gasteiger partial charge >= 0.3 is 0 Å². The summed E-state index contributed by atoms with van der Waals surface area (Å²) < 4.78 is 44.7. The van der Waals surface area contributed by atoms with Gasteiger partial charge in [-0.05, 0) is 40.2 Å². The van der Waals surface area contributed by atoms with Crippen LogP contribution in [-0.2, 0) is 6.54 Å². The van der Waals surface area contributed by atoms with Crippen molar-refractivity contribution >= 4 is 21.8 Å². The summed E-state index contributed by atoms with van der Waals surface area (Å²) in [5, 5.41) is 0. The summed E-state index contributed by atoms with van der Waals surface area (Å²) in [5.74, 6) is -4.55. The molecule has 0 atom stereocenters. The number of halogens is 4. The average Bonchev–Trinajstić information content (AvgIpc) is 2.79. The zero-order valence-electron chi connectivity index (χ0n) is 10.3. The molecule has 20 heavy (non-hydrogen) atoms. The Balaban J connectivity index is 2.18. The highest BCUT2D eigenvalue weighted by Gasteiger charge is 2.18. The van der Waals surface area contributed by atoms with E-state index in [-0.39, 0.29) is 12.1 Å². The Labute approximate surface area is 121 Å². The second-order valence-electron chi connectivity index (χ2n) is 4.12. The number of rotatable bonds is 3. The molecule has 2 aromatic rings. The van der Waals surface area contributed by atoms with Crippen molar-refractivity contribution in [1.82, 2.24) is 4.90 Å². The van der Waals surface area contributed by atoms with Gasteiger partial charge in [0.05, 0.1) is 6.54 Å². The van der Waals surface area contributed by atoms with E-state index in [1.807, 2.05) is 0 Å². The minimum atomic E-state index is -1.60. The van der Waals surface area contributed by atoms with Gasteiger partial charge in [0.2, 0.25) is 0 Å². The van der Waals surface area contributed by atoms with Gasteiger partial charge in [-0.2, -0.15) is 0 Å². The second kappa shape index (κ2) is 5.70. The minimum Gasteiger partial charge on any atom is -0.452 e. The molecule has 106 valence electrons. The Morgan fingerprint density at radius 3 is 2.35 bits per heavy atom. The molecule has 0 unspecified atom stereocenters. The summed E-state index contributed by atoms with van der Waals surface area (Å²) in [7, 11) is 1.44. The van der Waals surface area contributed by atoms with Crippen LogP contribution in [0.2, 0.25) is 0 Å². The SMILES string of the molecule is CN(Cc1ccc(Br)o1)C(=O)c1cc(F)c(F)c(F)c1. The molecule has 0 saturated heterocycles. The van der Waals surface area contributed by atoms with Gasteiger partial charge in [-0.3, -0.25) is 4.79 Å². The van der Waals surface area contributed by atoms with Crippen LogP contribution in [-0.4, -0.2) is 17.9 Å². The number of amides is 1. The first-order chi connectivity index (χ1) is 9.38. The van der Waals surface area contributed by atoms with Crippen LogP contribution in [0.25, 0.3) is 0 Å². The normalized spacial score (nSPS) is 10.7. The van der Waals surface area contributed by atoms with Gasteiger partial charge in [0.1, 0.15) is 5.76 Å². The topological polar surface area (TPSA) is 33.5 Å². The van der Waals surface area contributed by atoms with Gasteiger partial charge in [-0.25, -0.2) is 13.2 Å². The zero-order valence-corrected chi connectivity index (χ0v) is 11.9. The Bertz CT molecular complexity index is 634. The van der Waals surface area contributed by atoms with Gasteiger partial charge in [-0.1, -0.05) is 0 Å². The van der Waals surface area contributed by atoms with E-state index < -0.39 is 23.4 Å². The van der Waals surface area contributed by atoms with Crippen LogP contribution in [0.1, 0.15) is 16.1 Å². The smallest absolute Gasteiger partial charge is 0.254 e. The molecule has 3 nitrogen and oxygen atoms in total. The fourth-order valence-electron chi connectivity index (χ4n) is 1.64. The van der Waals surface area contributed by atoms with Crippen LogP contribution in [0.3, 0.4) is 0 Å². The van der Waals surface area contributed by atoms with E-state index in [1.165, 1.54) is 11.9 Å². The molecule has 0 fully saturated rings. The summed E-state index contributed by atoms with van der Waals surface area (Å²) in [6, 6.07) is 4.63. The van der Waals surface area contributed by atoms with Crippen molar-refractivity contribution in [1.29, 1.82) is 0 Å².